The van der Waals surface area contributed by atoms with Crippen molar-refractivity contribution >= 4 is 29.3 Å². The number of benzene rings is 1. The van der Waals surface area contributed by atoms with Crippen molar-refractivity contribution in [2.45, 2.75) is 5.16 Å². The summed E-state index contributed by atoms with van der Waals surface area (Å²) in [6.45, 7) is 0. The smallest absolute Gasteiger partial charge is 0.250 e. The lowest BCUT2D eigenvalue weighted by atomic mass is 10.1. The van der Waals surface area contributed by atoms with Gasteiger partial charge in [0.2, 0.25) is 5.91 Å². The quantitative estimate of drug-likeness (QED) is 0.787. The van der Waals surface area contributed by atoms with E-state index in [0.717, 1.165) is 0 Å². The van der Waals surface area contributed by atoms with E-state index < -0.39 is 5.91 Å². The Balaban J connectivity index is 1.98. The monoisotopic (exact) mass is 291 g/mol. The molecule has 0 aliphatic carbocycles. The Morgan fingerprint density at radius 2 is 2.15 bits per heavy atom. The van der Waals surface area contributed by atoms with Gasteiger partial charge in [-0.05, 0) is 12.1 Å². The van der Waals surface area contributed by atoms with Gasteiger partial charge in [0, 0.05) is 7.05 Å². The Hall–Kier alpha value is -2.35. The minimum absolute atomic E-state index is 0.166. The molecule has 0 aliphatic heterocycles. The molecule has 2 amide bonds. The van der Waals surface area contributed by atoms with E-state index >= 15 is 0 Å². The van der Waals surface area contributed by atoms with Gasteiger partial charge in [0.25, 0.3) is 5.91 Å². The van der Waals surface area contributed by atoms with Crippen LogP contribution in [-0.2, 0) is 11.8 Å². The molecular weight excluding hydrogens is 278 g/mol. The highest BCUT2D eigenvalue weighted by atomic mass is 32.2. The predicted molar refractivity (Wildman–Crippen MR) is 75.3 cm³/mol. The summed E-state index contributed by atoms with van der Waals surface area (Å²) in [5, 5.41) is 10.9. The maximum absolute atomic E-state index is 11.9. The SMILES string of the molecule is Cn1cnnc1SCC(=O)Nc1ccccc1C(N)=O. The lowest BCUT2D eigenvalue weighted by Crippen LogP contribution is -2.19. The molecule has 1 heterocycles. The van der Waals surface area contributed by atoms with Crippen molar-refractivity contribution in [2.24, 2.45) is 12.8 Å². The van der Waals surface area contributed by atoms with Crippen molar-refractivity contribution in [1.29, 1.82) is 0 Å². The van der Waals surface area contributed by atoms with Crippen molar-refractivity contribution in [3.8, 4) is 0 Å². The first kappa shape index (κ1) is 14.1. The predicted octanol–water partition coefficient (Wildman–Crippen LogP) is 0.645. The topological polar surface area (TPSA) is 103 Å². The summed E-state index contributed by atoms with van der Waals surface area (Å²) >= 11 is 1.26. The van der Waals surface area contributed by atoms with E-state index in [2.05, 4.69) is 15.5 Å². The maximum atomic E-state index is 11.9. The second-order valence-electron chi connectivity index (χ2n) is 3.97. The van der Waals surface area contributed by atoms with Crippen LogP contribution in [0.3, 0.4) is 0 Å². The molecule has 20 heavy (non-hydrogen) atoms. The van der Waals surface area contributed by atoms with Gasteiger partial charge in [-0.3, -0.25) is 9.59 Å². The zero-order valence-electron chi connectivity index (χ0n) is 10.7. The van der Waals surface area contributed by atoms with Gasteiger partial charge >= 0.3 is 0 Å². The Morgan fingerprint density at radius 3 is 2.80 bits per heavy atom. The first-order chi connectivity index (χ1) is 9.58. The van der Waals surface area contributed by atoms with Crippen LogP contribution in [0.5, 0.6) is 0 Å². The van der Waals surface area contributed by atoms with Crippen molar-refractivity contribution in [3.05, 3.63) is 36.2 Å². The summed E-state index contributed by atoms with van der Waals surface area (Å²) in [5.74, 6) is -0.659. The molecule has 0 fully saturated rings. The zero-order chi connectivity index (χ0) is 14.5. The zero-order valence-corrected chi connectivity index (χ0v) is 11.6. The molecule has 1 aromatic carbocycles. The van der Waals surface area contributed by atoms with E-state index in [-0.39, 0.29) is 17.2 Å². The number of hydrogen-bond donors (Lipinski definition) is 2. The number of para-hydroxylation sites is 1. The van der Waals surface area contributed by atoms with Gasteiger partial charge in [0.15, 0.2) is 5.16 Å². The lowest BCUT2D eigenvalue weighted by molar-refractivity contribution is -0.113. The number of amides is 2. The number of anilines is 1. The molecule has 2 rings (SSSR count). The lowest BCUT2D eigenvalue weighted by Gasteiger charge is -2.08. The molecule has 0 saturated carbocycles. The Morgan fingerprint density at radius 1 is 1.40 bits per heavy atom. The molecule has 1 aromatic heterocycles. The Kier molecular flexibility index (Phi) is 4.36. The molecule has 0 spiro atoms. The van der Waals surface area contributed by atoms with Crippen LogP contribution in [0.4, 0.5) is 5.69 Å². The Bertz CT molecular complexity index is 640. The number of primary amides is 1. The standard InChI is InChI=1S/C12H13N5O2S/c1-17-7-14-16-12(17)20-6-10(18)15-9-5-3-2-4-8(9)11(13)19/h2-5,7H,6H2,1H3,(H2,13,19)(H,15,18). The van der Waals surface area contributed by atoms with Crippen molar-refractivity contribution in [2.75, 3.05) is 11.1 Å². The van der Waals surface area contributed by atoms with Crippen LogP contribution in [0.1, 0.15) is 10.4 Å². The first-order valence-corrected chi connectivity index (χ1v) is 6.72. The number of thioether (sulfide) groups is 1. The van der Waals surface area contributed by atoms with E-state index in [1.165, 1.54) is 11.8 Å². The van der Waals surface area contributed by atoms with Crippen molar-refractivity contribution in [3.63, 3.8) is 0 Å². The first-order valence-electron chi connectivity index (χ1n) is 5.73. The van der Waals surface area contributed by atoms with Crippen LogP contribution in [-0.4, -0.2) is 32.3 Å². The maximum Gasteiger partial charge on any atom is 0.250 e. The van der Waals surface area contributed by atoms with Gasteiger partial charge in [-0.1, -0.05) is 23.9 Å². The largest absolute Gasteiger partial charge is 0.366 e. The van der Waals surface area contributed by atoms with Crippen LogP contribution >= 0.6 is 11.8 Å². The summed E-state index contributed by atoms with van der Waals surface area (Å²) in [6.07, 6.45) is 1.56. The average molecular weight is 291 g/mol. The molecule has 0 aliphatic rings. The minimum atomic E-state index is -0.582. The normalized spacial score (nSPS) is 10.2. The average Bonchev–Trinajstić information content (AvgIpc) is 2.82. The third-order valence-electron chi connectivity index (χ3n) is 2.47. The fourth-order valence-electron chi connectivity index (χ4n) is 1.53. The number of nitrogens with one attached hydrogen (secondary N) is 1. The summed E-state index contributed by atoms with van der Waals surface area (Å²) in [7, 11) is 1.79. The van der Waals surface area contributed by atoms with Crippen LogP contribution in [0.2, 0.25) is 0 Å². The molecule has 0 unspecified atom stereocenters. The third kappa shape index (κ3) is 3.35. The fraction of sp³-hybridized carbons (Fsp3) is 0.167. The summed E-state index contributed by atoms with van der Waals surface area (Å²) < 4.78 is 1.72. The molecule has 0 bridgehead atoms. The number of rotatable bonds is 5. The van der Waals surface area contributed by atoms with Crippen LogP contribution in [0, 0.1) is 0 Å². The van der Waals surface area contributed by atoms with Gasteiger partial charge < -0.3 is 15.6 Å². The van der Waals surface area contributed by atoms with Crippen LogP contribution < -0.4 is 11.1 Å². The van der Waals surface area contributed by atoms with Crippen molar-refractivity contribution < 1.29 is 9.59 Å². The van der Waals surface area contributed by atoms with E-state index in [1.54, 1.807) is 42.2 Å². The molecule has 0 saturated heterocycles. The third-order valence-corrected chi connectivity index (χ3v) is 3.50. The molecule has 7 nitrogen and oxygen atoms in total. The molecule has 8 heteroatoms. The van der Waals surface area contributed by atoms with E-state index in [0.29, 0.717) is 10.8 Å². The number of aromatic nitrogens is 3. The van der Waals surface area contributed by atoms with Gasteiger partial charge in [-0.2, -0.15) is 0 Å². The highest BCUT2D eigenvalue weighted by molar-refractivity contribution is 7.99. The van der Waals surface area contributed by atoms with E-state index in [1.807, 2.05) is 0 Å². The molecule has 2 aromatic rings. The second kappa shape index (κ2) is 6.20. The summed E-state index contributed by atoms with van der Waals surface area (Å²) in [4.78, 5) is 23.1. The van der Waals surface area contributed by atoms with Gasteiger partial charge in [-0.15, -0.1) is 10.2 Å². The highest BCUT2D eigenvalue weighted by Crippen LogP contribution is 2.17. The number of hydrogen-bond acceptors (Lipinski definition) is 5. The molecular formula is C12H13N5O2S. The number of nitrogens with zero attached hydrogens (tertiary/aromatic N) is 3. The van der Waals surface area contributed by atoms with Gasteiger partial charge in [-0.25, -0.2) is 0 Å². The number of carbonyl (C=O) groups is 2. The molecule has 3 N–H and O–H groups in total. The fourth-order valence-corrected chi connectivity index (χ4v) is 2.21. The van der Waals surface area contributed by atoms with Crippen molar-refractivity contribution in [1.82, 2.24) is 14.8 Å². The minimum Gasteiger partial charge on any atom is -0.366 e. The van der Waals surface area contributed by atoms with Crippen LogP contribution in [0.25, 0.3) is 0 Å². The summed E-state index contributed by atoms with van der Waals surface area (Å²) in [5.41, 5.74) is 5.93. The number of aryl methyl sites for hydroxylation is 1. The van der Waals surface area contributed by atoms with Gasteiger partial charge in [0.05, 0.1) is 17.0 Å². The van der Waals surface area contributed by atoms with E-state index in [4.69, 9.17) is 5.73 Å². The Labute approximate surface area is 119 Å². The molecule has 0 radical (unpaired) electrons. The highest BCUT2D eigenvalue weighted by Gasteiger charge is 2.11. The van der Waals surface area contributed by atoms with Crippen LogP contribution in [0.15, 0.2) is 35.7 Å². The number of nitrogens with two attached hydrogens (primary N) is 1. The summed E-state index contributed by atoms with van der Waals surface area (Å²) in [6, 6.07) is 6.60. The number of carbonyl (C=O) groups excluding carboxylic acids is 2. The molecule has 0 atom stereocenters. The molecule has 104 valence electrons. The van der Waals surface area contributed by atoms with E-state index in [9.17, 15) is 9.59 Å². The van der Waals surface area contributed by atoms with Gasteiger partial charge in [0.1, 0.15) is 6.33 Å². The second-order valence-corrected chi connectivity index (χ2v) is 4.91.